The summed E-state index contributed by atoms with van der Waals surface area (Å²) in [5.41, 5.74) is 5.19. The van der Waals surface area contributed by atoms with Crippen LogP contribution in [0.25, 0.3) is 10.9 Å². The smallest absolute Gasteiger partial charge is 0.399 e. The molecule has 1 aromatic carbocycles. The van der Waals surface area contributed by atoms with Crippen molar-refractivity contribution in [3.8, 4) is 0 Å². The van der Waals surface area contributed by atoms with Crippen LogP contribution in [0.1, 0.15) is 5.69 Å². The number of hydrogen-bond acceptors (Lipinski definition) is 2. The van der Waals surface area contributed by atoms with E-state index in [0.717, 1.165) is 0 Å². The van der Waals surface area contributed by atoms with Gasteiger partial charge in [-0.3, -0.25) is 5.10 Å². The molecule has 0 amide bonds. The van der Waals surface area contributed by atoms with Crippen molar-refractivity contribution in [3.05, 3.63) is 23.9 Å². The van der Waals surface area contributed by atoms with Crippen LogP contribution < -0.4 is 5.73 Å². The minimum Gasteiger partial charge on any atom is -0.399 e. The van der Waals surface area contributed by atoms with Crippen molar-refractivity contribution >= 4 is 16.6 Å². The first kappa shape index (κ1) is 8.86. The van der Waals surface area contributed by atoms with Gasteiger partial charge in [0.05, 0.1) is 5.52 Å². The molecule has 0 saturated carbocycles. The molecule has 14 heavy (non-hydrogen) atoms. The van der Waals surface area contributed by atoms with E-state index in [2.05, 4.69) is 10.2 Å². The first-order chi connectivity index (χ1) is 6.48. The third-order valence-corrected chi connectivity index (χ3v) is 1.86. The number of benzene rings is 1. The molecule has 0 bridgehead atoms. The van der Waals surface area contributed by atoms with E-state index in [9.17, 15) is 13.2 Å². The quantitative estimate of drug-likeness (QED) is 0.641. The maximum atomic E-state index is 12.3. The molecule has 74 valence electrons. The number of nitrogens with two attached hydrogens (primary N) is 1. The summed E-state index contributed by atoms with van der Waals surface area (Å²) in [6.07, 6.45) is -4.44. The average Bonchev–Trinajstić information content (AvgIpc) is 2.45. The molecular formula is C8H6F3N3. The van der Waals surface area contributed by atoms with E-state index < -0.39 is 11.9 Å². The maximum absolute atomic E-state index is 12.3. The van der Waals surface area contributed by atoms with E-state index in [1.54, 1.807) is 0 Å². The number of aromatic amines is 1. The number of nitrogens with zero attached hydrogens (tertiary/aromatic N) is 1. The molecule has 0 fully saturated rings. The van der Waals surface area contributed by atoms with Crippen LogP contribution in [-0.2, 0) is 6.18 Å². The maximum Gasteiger partial charge on any atom is 0.435 e. The first-order valence-electron chi connectivity index (χ1n) is 3.79. The Morgan fingerprint density at radius 3 is 2.64 bits per heavy atom. The van der Waals surface area contributed by atoms with Gasteiger partial charge in [-0.15, -0.1) is 0 Å². The third kappa shape index (κ3) is 1.28. The number of rotatable bonds is 0. The van der Waals surface area contributed by atoms with Crippen molar-refractivity contribution < 1.29 is 13.2 Å². The summed E-state index contributed by atoms with van der Waals surface area (Å²) in [7, 11) is 0. The van der Waals surface area contributed by atoms with E-state index in [1.807, 2.05) is 0 Å². The summed E-state index contributed by atoms with van der Waals surface area (Å²) in [4.78, 5) is 0. The number of H-pyrrole nitrogens is 1. The standard InChI is InChI=1S/C8H6F3N3/c9-8(10,11)7-5-2-1-4(12)3-6(5)13-14-7/h1-3H,12H2,(H,13,14). The van der Waals surface area contributed by atoms with Crippen LogP contribution in [0, 0.1) is 0 Å². The second-order valence-electron chi connectivity index (χ2n) is 2.87. The van der Waals surface area contributed by atoms with Crippen molar-refractivity contribution in [2.45, 2.75) is 6.18 Å². The summed E-state index contributed by atoms with van der Waals surface area (Å²) in [6.45, 7) is 0. The van der Waals surface area contributed by atoms with Crippen LogP contribution >= 0.6 is 0 Å². The molecule has 2 rings (SSSR count). The largest absolute Gasteiger partial charge is 0.435 e. The topological polar surface area (TPSA) is 54.7 Å². The second-order valence-corrected chi connectivity index (χ2v) is 2.87. The van der Waals surface area contributed by atoms with Gasteiger partial charge in [0.2, 0.25) is 0 Å². The summed E-state index contributed by atoms with van der Waals surface area (Å²) in [5, 5.41) is 5.52. The van der Waals surface area contributed by atoms with Gasteiger partial charge in [0.25, 0.3) is 0 Å². The summed E-state index contributed by atoms with van der Waals surface area (Å²) in [6, 6.07) is 4.13. The van der Waals surface area contributed by atoms with Crippen molar-refractivity contribution in [2.24, 2.45) is 0 Å². The normalized spacial score (nSPS) is 12.2. The first-order valence-corrected chi connectivity index (χ1v) is 3.79. The Balaban J connectivity index is 2.70. The zero-order valence-electron chi connectivity index (χ0n) is 6.89. The van der Waals surface area contributed by atoms with Crippen LogP contribution in [0.5, 0.6) is 0 Å². The molecule has 2 aromatic rings. The molecule has 0 saturated heterocycles. The summed E-state index contributed by atoms with van der Waals surface area (Å²) >= 11 is 0. The molecular weight excluding hydrogens is 195 g/mol. The van der Waals surface area contributed by atoms with E-state index in [-0.39, 0.29) is 10.9 Å². The molecule has 0 radical (unpaired) electrons. The lowest BCUT2D eigenvalue weighted by atomic mass is 10.2. The Morgan fingerprint density at radius 1 is 1.29 bits per heavy atom. The molecule has 1 heterocycles. The number of hydrogen-bond donors (Lipinski definition) is 2. The van der Waals surface area contributed by atoms with Gasteiger partial charge < -0.3 is 5.73 Å². The molecule has 3 nitrogen and oxygen atoms in total. The molecule has 0 aliphatic rings. The molecule has 1 aromatic heterocycles. The third-order valence-electron chi connectivity index (χ3n) is 1.86. The molecule has 0 spiro atoms. The predicted molar refractivity (Wildman–Crippen MR) is 45.5 cm³/mol. The fraction of sp³-hybridized carbons (Fsp3) is 0.125. The number of fused-ring (bicyclic) bond motifs is 1. The van der Waals surface area contributed by atoms with E-state index in [4.69, 9.17) is 5.73 Å². The zero-order chi connectivity index (χ0) is 10.3. The van der Waals surface area contributed by atoms with E-state index >= 15 is 0 Å². The van der Waals surface area contributed by atoms with Gasteiger partial charge >= 0.3 is 6.18 Å². The highest BCUT2D eigenvalue weighted by atomic mass is 19.4. The fourth-order valence-corrected chi connectivity index (χ4v) is 1.25. The highest BCUT2D eigenvalue weighted by molar-refractivity contribution is 5.84. The molecule has 0 atom stereocenters. The Morgan fingerprint density at radius 2 is 2.00 bits per heavy atom. The van der Waals surface area contributed by atoms with Crippen molar-refractivity contribution in [2.75, 3.05) is 5.73 Å². The average molecular weight is 201 g/mol. The van der Waals surface area contributed by atoms with Gasteiger partial charge in [0.1, 0.15) is 0 Å². The lowest BCUT2D eigenvalue weighted by molar-refractivity contribution is -0.139. The Bertz CT molecular complexity index is 472. The SMILES string of the molecule is Nc1ccc2c(C(F)(F)F)n[nH]c2c1. The minimum absolute atomic E-state index is 0.0340. The van der Waals surface area contributed by atoms with Gasteiger partial charge in [-0.05, 0) is 18.2 Å². The van der Waals surface area contributed by atoms with Crippen LogP contribution in [0.4, 0.5) is 18.9 Å². The Labute approximate surface area is 76.7 Å². The Kier molecular flexibility index (Phi) is 1.67. The fourth-order valence-electron chi connectivity index (χ4n) is 1.25. The zero-order valence-corrected chi connectivity index (χ0v) is 6.89. The number of aromatic nitrogens is 2. The van der Waals surface area contributed by atoms with Crippen LogP contribution in [0.2, 0.25) is 0 Å². The van der Waals surface area contributed by atoms with Crippen LogP contribution in [0.3, 0.4) is 0 Å². The van der Waals surface area contributed by atoms with E-state index in [0.29, 0.717) is 5.69 Å². The Hall–Kier alpha value is -1.72. The highest BCUT2D eigenvalue weighted by Crippen LogP contribution is 2.33. The van der Waals surface area contributed by atoms with E-state index in [1.165, 1.54) is 18.2 Å². The molecule has 0 aliphatic heterocycles. The van der Waals surface area contributed by atoms with Crippen molar-refractivity contribution in [3.63, 3.8) is 0 Å². The summed E-state index contributed by atoms with van der Waals surface area (Å²) in [5.74, 6) is 0. The lowest BCUT2D eigenvalue weighted by Crippen LogP contribution is -2.05. The van der Waals surface area contributed by atoms with Crippen molar-refractivity contribution in [1.29, 1.82) is 0 Å². The van der Waals surface area contributed by atoms with Crippen molar-refractivity contribution in [1.82, 2.24) is 10.2 Å². The number of nitrogen functional groups attached to an aromatic ring is 1. The monoisotopic (exact) mass is 201 g/mol. The molecule has 3 N–H and O–H groups in total. The van der Waals surface area contributed by atoms with Gasteiger partial charge in [-0.1, -0.05) is 0 Å². The summed E-state index contributed by atoms with van der Waals surface area (Å²) < 4.78 is 37.0. The number of anilines is 1. The van der Waals surface area contributed by atoms with Gasteiger partial charge in [0, 0.05) is 11.1 Å². The minimum atomic E-state index is -4.44. The number of nitrogens with one attached hydrogen (secondary N) is 1. The predicted octanol–water partition coefficient (Wildman–Crippen LogP) is 2.16. The molecule has 0 aliphatic carbocycles. The molecule has 0 unspecified atom stereocenters. The lowest BCUT2D eigenvalue weighted by Gasteiger charge is -2.01. The van der Waals surface area contributed by atoms with Crippen LogP contribution in [-0.4, -0.2) is 10.2 Å². The second kappa shape index (κ2) is 2.63. The number of alkyl halides is 3. The van der Waals surface area contributed by atoms with Gasteiger partial charge in [0.15, 0.2) is 5.69 Å². The van der Waals surface area contributed by atoms with Crippen LogP contribution in [0.15, 0.2) is 18.2 Å². The van der Waals surface area contributed by atoms with Gasteiger partial charge in [-0.2, -0.15) is 18.3 Å². The highest BCUT2D eigenvalue weighted by Gasteiger charge is 2.35. The van der Waals surface area contributed by atoms with Gasteiger partial charge in [-0.25, -0.2) is 0 Å². The number of halogens is 3. The molecule has 6 heteroatoms.